The highest BCUT2D eigenvalue weighted by atomic mass is 19.1. The van der Waals surface area contributed by atoms with Gasteiger partial charge in [0, 0.05) is 13.2 Å². The maximum absolute atomic E-state index is 13.4. The van der Waals surface area contributed by atoms with Crippen LogP contribution in [0.5, 0.6) is 0 Å². The number of aliphatic hydroxyl groups is 1. The molecule has 124 valence electrons. The average Bonchev–Trinajstić information content (AvgIpc) is 2.44. The van der Waals surface area contributed by atoms with E-state index in [4.69, 9.17) is 5.11 Å². The number of halogens is 2. The molecular weight excluding hydrogens is 292 g/mol. The second-order valence-corrected chi connectivity index (χ2v) is 5.56. The smallest absolute Gasteiger partial charge is 0.333 e. The Hall–Kier alpha value is -1.89. The first-order valence-corrected chi connectivity index (χ1v) is 7.28. The van der Waals surface area contributed by atoms with Crippen molar-refractivity contribution in [2.24, 2.45) is 11.8 Å². The highest BCUT2D eigenvalue weighted by molar-refractivity contribution is 5.75. The van der Waals surface area contributed by atoms with Gasteiger partial charge in [-0.25, -0.2) is 13.6 Å². The van der Waals surface area contributed by atoms with Crippen LogP contribution >= 0.6 is 0 Å². The van der Waals surface area contributed by atoms with Crippen LogP contribution in [0.2, 0.25) is 0 Å². The van der Waals surface area contributed by atoms with Gasteiger partial charge in [0.05, 0.1) is 0 Å². The van der Waals surface area contributed by atoms with Gasteiger partial charge in [-0.05, 0) is 36.8 Å². The zero-order chi connectivity index (χ0) is 16.5. The maximum Gasteiger partial charge on any atom is 0.333 e. The van der Waals surface area contributed by atoms with Gasteiger partial charge < -0.3 is 10.4 Å². The number of hydrogen-bond donors (Lipinski definition) is 4. The number of carbonyl (C=O) groups is 1. The summed E-state index contributed by atoms with van der Waals surface area (Å²) in [4.78, 5) is 11.6. The fraction of sp³-hybridized carbons (Fsp3) is 0.533. The van der Waals surface area contributed by atoms with E-state index in [0.717, 1.165) is 18.6 Å². The molecule has 0 saturated heterocycles. The number of carbonyl (C=O) groups excluding carboxylic acids is 1. The molecule has 0 heterocycles. The summed E-state index contributed by atoms with van der Waals surface area (Å²) in [6, 6.07) is 2.83. The normalized spacial score (nSPS) is 12.1. The summed E-state index contributed by atoms with van der Waals surface area (Å²) in [5.74, 6) is -0.982. The molecule has 0 spiro atoms. The SMILES string of the molecule is CC(C)CC(CCO)CNC(=O)NNc1c(F)cccc1F. The molecule has 0 aliphatic carbocycles. The Kier molecular flexibility index (Phi) is 7.59. The van der Waals surface area contributed by atoms with Gasteiger partial charge >= 0.3 is 6.03 Å². The first-order valence-electron chi connectivity index (χ1n) is 7.28. The third-order valence-corrected chi connectivity index (χ3v) is 3.16. The van der Waals surface area contributed by atoms with Crippen molar-refractivity contribution in [2.45, 2.75) is 26.7 Å². The molecule has 22 heavy (non-hydrogen) atoms. The van der Waals surface area contributed by atoms with Crippen LogP contribution in [0.1, 0.15) is 26.7 Å². The van der Waals surface area contributed by atoms with Crippen molar-refractivity contribution < 1.29 is 18.7 Å². The Bertz CT molecular complexity index is 464. The number of rotatable bonds is 8. The summed E-state index contributed by atoms with van der Waals surface area (Å²) < 4.78 is 26.7. The molecule has 0 aliphatic rings. The van der Waals surface area contributed by atoms with E-state index in [1.807, 2.05) is 0 Å². The van der Waals surface area contributed by atoms with E-state index in [9.17, 15) is 13.6 Å². The quantitative estimate of drug-likeness (QED) is 0.557. The first-order chi connectivity index (χ1) is 10.4. The van der Waals surface area contributed by atoms with Gasteiger partial charge in [0.2, 0.25) is 0 Å². The van der Waals surface area contributed by atoms with Crippen LogP contribution < -0.4 is 16.2 Å². The van der Waals surface area contributed by atoms with E-state index >= 15 is 0 Å². The number of hydrazine groups is 1. The lowest BCUT2D eigenvalue weighted by Crippen LogP contribution is -2.41. The molecule has 1 aromatic rings. The van der Waals surface area contributed by atoms with Gasteiger partial charge in [0.15, 0.2) is 11.6 Å². The minimum absolute atomic E-state index is 0.0549. The van der Waals surface area contributed by atoms with Crippen molar-refractivity contribution in [1.29, 1.82) is 0 Å². The molecule has 0 radical (unpaired) electrons. The lowest BCUT2D eigenvalue weighted by Gasteiger charge is -2.19. The number of aliphatic hydroxyl groups excluding tert-OH is 1. The number of hydrogen-bond acceptors (Lipinski definition) is 3. The van der Waals surface area contributed by atoms with Crippen molar-refractivity contribution in [3.63, 3.8) is 0 Å². The number of para-hydroxylation sites is 1. The topological polar surface area (TPSA) is 73.4 Å². The van der Waals surface area contributed by atoms with E-state index < -0.39 is 23.4 Å². The molecule has 1 rings (SSSR count). The maximum atomic E-state index is 13.4. The summed E-state index contributed by atoms with van der Waals surface area (Å²) in [6.45, 7) is 4.56. The Morgan fingerprint density at radius 2 is 1.91 bits per heavy atom. The molecule has 5 nitrogen and oxygen atoms in total. The van der Waals surface area contributed by atoms with Crippen LogP contribution in [0.25, 0.3) is 0 Å². The predicted molar refractivity (Wildman–Crippen MR) is 81.2 cm³/mol. The van der Waals surface area contributed by atoms with Gasteiger partial charge in [0.1, 0.15) is 5.69 Å². The molecular formula is C15H23F2N3O2. The number of amides is 2. The van der Waals surface area contributed by atoms with Gasteiger partial charge in [0.25, 0.3) is 0 Å². The Labute approximate surface area is 129 Å². The number of benzene rings is 1. The van der Waals surface area contributed by atoms with Crippen LogP contribution in [0, 0.1) is 23.5 Å². The summed E-state index contributed by atoms with van der Waals surface area (Å²) in [6.07, 6.45) is 1.46. The van der Waals surface area contributed by atoms with Crippen LogP contribution in [0.3, 0.4) is 0 Å². The minimum atomic E-state index is -0.793. The molecule has 2 amide bonds. The van der Waals surface area contributed by atoms with Crippen LogP contribution in [0.4, 0.5) is 19.3 Å². The van der Waals surface area contributed by atoms with Crippen molar-refractivity contribution in [2.75, 3.05) is 18.6 Å². The van der Waals surface area contributed by atoms with Crippen LogP contribution in [-0.4, -0.2) is 24.3 Å². The Morgan fingerprint density at radius 1 is 1.27 bits per heavy atom. The standard InChI is InChI=1S/C15H23F2N3O2/c1-10(2)8-11(6-7-21)9-18-15(22)20-19-14-12(16)4-3-5-13(14)17/h3-5,10-11,19,21H,6-9H2,1-2H3,(H2,18,20,22). The molecule has 0 fully saturated rings. The molecule has 4 N–H and O–H groups in total. The predicted octanol–water partition coefficient (Wildman–Crippen LogP) is 2.64. The van der Waals surface area contributed by atoms with Gasteiger partial charge in [-0.1, -0.05) is 19.9 Å². The van der Waals surface area contributed by atoms with Crippen molar-refractivity contribution in [3.8, 4) is 0 Å². The van der Waals surface area contributed by atoms with Crippen molar-refractivity contribution in [1.82, 2.24) is 10.7 Å². The van der Waals surface area contributed by atoms with Crippen LogP contribution in [0.15, 0.2) is 18.2 Å². The summed E-state index contributed by atoms with van der Waals surface area (Å²) in [7, 11) is 0. The molecule has 0 aromatic heterocycles. The lowest BCUT2D eigenvalue weighted by atomic mass is 9.94. The largest absolute Gasteiger partial charge is 0.396 e. The molecule has 1 unspecified atom stereocenters. The van der Waals surface area contributed by atoms with E-state index in [2.05, 4.69) is 30.0 Å². The van der Waals surface area contributed by atoms with E-state index in [0.29, 0.717) is 18.9 Å². The average molecular weight is 315 g/mol. The second-order valence-electron chi connectivity index (χ2n) is 5.56. The summed E-state index contributed by atoms with van der Waals surface area (Å²) >= 11 is 0. The molecule has 0 aliphatic heterocycles. The molecule has 7 heteroatoms. The monoisotopic (exact) mass is 315 g/mol. The lowest BCUT2D eigenvalue weighted by molar-refractivity contribution is 0.226. The van der Waals surface area contributed by atoms with Gasteiger partial charge in [-0.2, -0.15) is 0 Å². The summed E-state index contributed by atoms with van der Waals surface area (Å²) in [5.41, 5.74) is 3.99. The molecule has 1 aromatic carbocycles. The fourth-order valence-corrected chi connectivity index (χ4v) is 2.17. The third kappa shape index (κ3) is 6.26. The Balaban J connectivity index is 2.42. The van der Waals surface area contributed by atoms with Crippen molar-refractivity contribution in [3.05, 3.63) is 29.8 Å². The van der Waals surface area contributed by atoms with E-state index in [1.54, 1.807) is 0 Å². The molecule has 0 saturated carbocycles. The number of anilines is 1. The Morgan fingerprint density at radius 3 is 2.45 bits per heavy atom. The fourth-order valence-electron chi connectivity index (χ4n) is 2.17. The van der Waals surface area contributed by atoms with Gasteiger partial charge in [-0.15, -0.1) is 0 Å². The third-order valence-electron chi connectivity index (χ3n) is 3.16. The molecule has 1 atom stereocenters. The van der Waals surface area contributed by atoms with E-state index in [1.165, 1.54) is 6.07 Å². The second kappa shape index (κ2) is 9.19. The van der Waals surface area contributed by atoms with Crippen molar-refractivity contribution >= 4 is 11.7 Å². The highest BCUT2D eigenvalue weighted by Gasteiger charge is 2.13. The van der Waals surface area contributed by atoms with E-state index in [-0.39, 0.29) is 12.5 Å². The zero-order valence-electron chi connectivity index (χ0n) is 12.8. The number of urea groups is 1. The van der Waals surface area contributed by atoms with Crippen LogP contribution in [-0.2, 0) is 0 Å². The first kappa shape index (κ1) is 18.2. The minimum Gasteiger partial charge on any atom is -0.396 e. The number of nitrogens with one attached hydrogen (secondary N) is 3. The zero-order valence-corrected chi connectivity index (χ0v) is 12.8. The highest BCUT2D eigenvalue weighted by Crippen LogP contribution is 2.17. The van der Waals surface area contributed by atoms with Gasteiger partial charge in [-0.3, -0.25) is 10.9 Å². The molecule has 0 bridgehead atoms. The summed E-state index contributed by atoms with van der Waals surface area (Å²) in [5, 5.41) is 11.6.